The molecule has 0 saturated carbocycles. The third kappa shape index (κ3) is 5.92. The summed E-state index contributed by atoms with van der Waals surface area (Å²) in [6.07, 6.45) is 3.84. The summed E-state index contributed by atoms with van der Waals surface area (Å²) in [5.74, 6) is 1.13. The highest BCUT2D eigenvalue weighted by molar-refractivity contribution is 6.35. The molecule has 4 aromatic rings. The number of ether oxygens (including phenoxy) is 4. The number of carbonyl (C=O) groups is 2. The highest BCUT2D eigenvalue weighted by Crippen LogP contribution is 2.46. The fourth-order valence-corrected chi connectivity index (χ4v) is 4.94. The van der Waals surface area contributed by atoms with Crippen LogP contribution in [0.5, 0.6) is 34.5 Å². The Bertz CT molecular complexity index is 1610. The van der Waals surface area contributed by atoms with E-state index in [9.17, 15) is 9.59 Å². The molecule has 0 unspecified atom stereocenters. The van der Waals surface area contributed by atoms with Crippen LogP contribution in [0.25, 0.3) is 0 Å². The van der Waals surface area contributed by atoms with E-state index in [1.165, 1.54) is 12.1 Å². The monoisotopic (exact) mass is 596 g/mol. The van der Waals surface area contributed by atoms with Crippen LogP contribution in [-0.2, 0) is 0 Å². The van der Waals surface area contributed by atoms with Crippen LogP contribution in [0.4, 0.5) is 22.7 Å². The molecule has 0 radical (unpaired) electrons. The number of rotatable bonds is 12. The second-order valence-electron chi connectivity index (χ2n) is 10.5. The molecule has 0 spiro atoms. The van der Waals surface area contributed by atoms with Gasteiger partial charge in [0.1, 0.15) is 23.0 Å². The molecule has 4 aromatic carbocycles. The van der Waals surface area contributed by atoms with Gasteiger partial charge in [-0.25, -0.2) is 0 Å². The van der Waals surface area contributed by atoms with Gasteiger partial charge >= 0.3 is 0 Å². The average molecular weight is 597 g/mol. The molecule has 10 heteroatoms. The van der Waals surface area contributed by atoms with E-state index in [-0.39, 0.29) is 56.5 Å². The fraction of sp³-hybridized carbons (Fsp3) is 0.235. The second kappa shape index (κ2) is 12.9. The van der Waals surface area contributed by atoms with Gasteiger partial charge in [0, 0.05) is 35.6 Å². The first kappa shape index (κ1) is 30.1. The van der Waals surface area contributed by atoms with Crippen LogP contribution in [0.15, 0.2) is 60.7 Å². The van der Waals surface area contributed by atoms with Crippen LogP contribution in [0.1, 0.15) is 71.4 Å². The summed E-state index contributed by atoms with van der Waals surface area (Å²) in [5, 5.41) is 0. The number of nitrogen functional groups attached to an aromatic ring is 4. The molecular weight excluding hydrogens is 560 g/mol. The van der Waals surface area contributed by atoms with Crippen molar-refractivity contribution < 1.29 is 28.5 Å². The molecule has 1 aliphatic rings. The molecule has 5 rings (SSSR count). The summed E-state index contributed by atoms with van der Waals surface area (Å²) in [6.45, 7) is 5.30. The van der Waals surface area contributed by atoms with Gasteiger partial charge in [0.2, 0.25) is 0 Å². The second-order valence-corrected chi connectivity index (χ2v) is 10.5. The summed E-state index contributed by atoms with van der Waals surface area (Å²) in [6, 6.07) is 16.9. The molecule has 0 atom stereocenters. The molecule has 44 heavy (non-hydrogen) atoms. The maximum absolute atomic E-state index is 13.9. The summed E-state index contributed by atoms with van der Waals surface area (Å²) in [4.78, 5) is 27.8. The smallest absolute Gasteiger partial charge is 0.198 e. The molecule has 0 saturated heterocycles. The van der Waals surface area contributed by atoms with Crippen LogP contribution in [0.2, 0.25) is 0 Å². The van der Waals surface area contributed by atoms with E-state index in [0.717, 1.165) is 25.7 Å². The molecule has 0 fully saturated rings. The minimum Gasteiger partial charge on any atom is -0.493 e. The number of hydrogen-bond donors (Lipinski definition) is 4. The van der Waals surface area contributed by atoms with E-state index in [0.29, 0.717) is 36.2 Å². The quantitative estimate of drug-likeness (QED) is 0.0892. The van der Waals surface area contributed by atoms with Crippen LogP contribution in [0.3, 0.4) is 0 Å². The lowest BCUT2D eigenvalue weighted by Crippen LogP contribution is -2.26. The van der Waals surface area contributed by atoms with Gasteiger partial charge in [-0.3, -0.25) is 9.59 Å². The minimum absolute atomic E-state index is 0.00442. The zero-order valence-electron chi connectivity index (χ0n) is 24.8. The summed E-state index contributed by atoms with van der Waals surface area (Å²) in [7, 11) is 0. The number of hydrogen-bond acceptors (Lipinski definition) is 10. The van der Waals surface area contributed by atoms with Crippen molar-refractivity contribution >= 4 is 34.3 Å². The highest BCUT2D eigenvalue weighted by Gasteiger charge is 2.38. The molecule has 228 valence electrons. The van der Waals surface area contributed by atoms with Crippen molar-refractivity contribution in [1.82, 2.24) is 0 Å². The molecule has 1 aliphatic carbocycles. The molecule has 10 nitrogen and oxygen atoms in total. The van der Waals surface area contributed by atoms with Crippen molar-refractivity contribution in [2.24, 2.45) is 0 Å². The molecule has 0 amide bonds. The maximum atomic E-state index is 13.9. The summed E-state index contributed by atoms with van der Waals surface area (Å²) >= 11 is 0. The fourth-order valence-electron chi connectivity index (χ4n) is 4.94. The van der Waals surface area contributed by atoms with Gasteiger partial charge in [-0.05, 0) is 37.1 Å². The molecule has 0 aromatic heterocycles. The minimum atomic E-state index is -0.594. The normalized spacial score (nSPS) is 12.0. The first-order chi connectivity index (χ1) is 21.2. The SMILES string of the molecule is CCCCOc1cccc(Oc2cc(N)c3c(c2N)C(=O)c2c(N)cc(Oc4cccc(OCCCC)c4)c(N)c2C3=O)c1. The van der Waals surface area contributed by atoms with E-state index < -0.39 is 11.6 Å². The number of ketones is 2. The van der Waals surface area contributed by atoms with E-state index >= 15 is 0 Å². The first-order valence-corrected chi connectivity index (χ1v) is 14.6. The lowest BCUT2D eigenvalue weighted by atomic mass is 9.80. The molecule has 0 bridgehead atoms. The van der Waals surface area contributed by atoms with Crippen LogP contribution < -0.4 is 41.9 Å². The Morgan fingerprint density at radius 2 is 0.932 bits per heavy atom. The van der Waals surface area contributed by atoms with Crippen molar-refractivity contribution in [3.63, 3.8) is 0 Å². The number of nitrogens with two attached hydrogens (primary N) is 4. The standard InChI is InChI=1S/C34H36N4O6/c1-3-5-13-41-19-9-7-11-21(15-19)43-25-17-23(35)27-29(31(25)37)33(39)28-24(36)18-26(32(38)30(28)34(27)40)44-22-12-8-10-20(16-22)42-14-6-4-2/h7-12,15-18H,3-6,13-14,35-38H2,1-2H3. The Labute approximate surface area is 255 Å². The third-order valence-electron chi connectivity index (χ3n) is 7.23. The zero-order valence-corrected chi connectivity index (χ0v) is 24.8. The molecular formula is C34H36N4O6. The summed E-state index contributed by atoms with van der Waals surface area (Å²) in [5.41, 5.74) is 25.2. The predicted octanol–water partition coefficient (Wildman–Crippen LogP) is 6.73. The van der Waals surface area contributed by atoms with Gasteiger partial charge < -0.3 is 41.9 Å². The van der Waals surface area contributed by atoms with Gasteiger partial charge in [0.15, 0.2) is 23.1 Å². The molecule has 0 heterocycles. The molecule has 8 N–H and O–H groups in total. The van der Waals surface area contributed by atoms with Crippen molar-refractivity contribution in [3.8, 4) is 34.5 Å². The lowest BCUT2D eigenvalue weighted by molar-refractivity contribution is 0.0981. The topological polar surface area (TPSA) is 175 Å². The van der Waals surface area contributed by atoms with E-state index in [4.69, 9.17) is 41.9 Å². The van der Waals surface area contributed by atoms with E-state index in [1.54, 1.807) is 36.4 Å². The van der Waals surface area contributed by atoms with Gasteiger partial charge in [0.05, 0.1) is 46.8 Å². The van der Waals surface area contributed by atoms with Gasteiger partial charge in [-0.2, -0.15) is 0 Å². The number of anilines is 4. The lowest BCUT2D eigenvalue weighted by Gasteiger charge is -2.25. The highest BCUT2D eigenvalue weighted by atomic mass is 16.5. The van der Waals surface area contributed by atoms with Crippen molar-refractivity contribution in [2.45, 2.75) is 39.5 Å². The maximum Gasteiger partial charge on any atom is 0.198 e. The zero-order chi connectivity index (χ0) is 31.4. The van der Waals surface area contributed by atoms with Crippen molar-refractivity contribution in [1.29, 1.82) is 0 Å². The van der Waals surface area contributed by atoms with Crippen LogP contribution in [0, 0.1) is 0 Å². The van der Waals surface area contributed by atoms with Gasteiger partial charge in [-0.1, -0.05) is 38.8 Å². The summed E-state index contributed by atoms with van der Waals surface area (Å²) < 4.78 is 23.6. The van der Waals surface area contributed by atoms with E-state index in [2.05, 4.69) is 13.8 Å². The average Bonchev–Trinajstić information content (AvgIpc) is 3.00. The van der Waals surface area contributed by atoms with Crippen LogP contribution in [-0.4, -0.2) is 24.8 Å². The Morgan fingerprint density at radius 3 is 1.32 bits per heavy atom. The number of benzene rings is 4. The van der Waals surface area contributed by atoms with Crippen LogP contribution >= 0.6 is 0 Å². The van der Waals surface area contributed by atoms with E-state index in [1.807, 2.05) is 12.1 Å². The van der Waals surface area contributed by atoms with Crippen molar-refractivity contribution in [3.05, 3.63) is 82.9 Å². The number of carbonyl (C=O) groups excluding carboxylic acids is 2. The number of unbranched alkanes of at least 4 members (excludes halogenated alkanes) is 2. The number of fused-ring (bicyclic) bond motifs is 2. The van der Waals surface area contributed by atoms with Crippen molar-refractivity contribution in [2.75, 3.05) is 36.1 Å². The Hall–Kier alpha value is -5.38. The largest absolute Gasteiger partial charge is 0.493 e. The predicted molar refractivity (Wildman–Crippen MR) is 171 cm³/mol. The Morgan fingerprint density at radius 1 is 0.545 bits per heavy atom. The first-order valence-electron chi connectivity index (χ1n) is 14.6. The molecule has 0 aliphatic heterocycles. The van der Waals surface area contributed by atoms with Gasteiger partial charge in [0.25, 0.3) is 0 Å². The van der Waals surface area contributed by atoms with Gasteiger partial charge in [-0.15, -0.1) is 0 Å². The Kier molecular flexibility index (Phi) is 8.80. The third-order valence-corrected chi connectivity index (χ3v) is 7.23. The Balaban J connectivity index is 1.47.